The molecular formula is C6H11FO. The fourth-order valence-corrected chi connectivity index (χ4v) is 1.18. The molecule has 8 heavy (non-hydrogen) atoms. The van der Waals surface area contributed by atoms with Crippen molar-refractivity contribution < 1.29 is 9.50 Å². The lowest BCUT2D eigenvalue weighted by Gasteiger charge is -1.99. The number of hydrogen-bond acceptors (Lipinski definition) is 1. The molecule has 2 heteroatoms. The van der Waals surface area contributed by atoms with E-state index in [2.05, 4.69) is 0 Å². The van der Waals surface area contributed by atoms with Crippen molar-refractivity contribution in [2.45, 2.75) is 25.4 Å². The van der Waals surface area contributed by atoms with Crippen molar-refractivity contribution >= 4 is 0 Å². The van der Waals surface area contributed by atoms with Gasteiger partial charge in [0, 0.05) is 6.61 Å². The van der Waals surface area contributed by atoms with Gasteiger partial charge in [-0.15, -0.1) is 0 Å². The summed E-state index contributed by atoms with van der Waals surface area (Å²) in [6, 6.07) is 0. The quantitative estimate of drug-likeness (QED) is 0.547. The molecule has 0 bridgehead atoms. The molecule has 1 nitrogen and oxygen atoms in total. The minimum absolute atomic E-state index is 0.167. The third-order valence-electron chi connectivity index (χ3n) is 1.74. The van der Waals surface area contributed by atoms with E-state index >= 15 is 0 Å². The highest BCUT2D eigenvalue weighted by atomic mass is 19.1. The highest BCUT2D eigenvalue weighted by Gasteiger charge is 2.22. The van der Waals surface area contributed by atoms with Gasteiger partial charge in [0.1, 0.15) is 6.17 Å². The third-order valence-corrected chi connectivity index (χ3v) is 1.74. The van der Waals surface area contributed by atoms with Crippen molar-refractivity contribution in [3.8, 4) is 0 Å². The van der Waals surface area contributed by atoms with Crippen molar-refractivity contribution in [1.29, 1.82) is 0 Å². The molecule has 1 saturated carbocycles. The lowest BCUT2D eigenvalue weighted by molar-refractivity contribution is 0.219. The summed E-state index contributed by atoms with van der Waals surface area (Å²) >= 11 is 0. The van der Waals surface area contributed by atoms with Crippen LogP contribution in [0, 0.1) is 5.92 Å². The van der Waals surface area contributed by atoms with Crippen molar-refractivity contribution in [3.63, 3.8) is 0 Å². The molecule has 0 radical (unpaired) electrons. The van der Waals surface area contributed by atoms with Crippen molar-refractivity contribution in [1.82, 2.24) is 0 Å². The molecule has 0 aromatic heterocycles. The Balaban J connectivity index is 2.22. The zero-order valence-corrected chi connectivity index (χ0v) is 4.81. The molecule has 1 rings (SSSR count). The number of aliphatic hydroxyl groups is 1. The van der Waals surface area contributed by atoms with Crippen LogP contribution in [0.2, 0.25) is 0 Å². The molecule has 0 aliphatic heterocycles. The maximum Gasteiger partial charge on any atom is 0.100 e. The van der Waals surface area contributed by atoms with Crippen LogP contribution in [0.15, 0.2) is 0 Å². The number of halogens is 1. The normalized spacial score (nSPS) is 38.2. The average molecular weight is 118 g/mol. The van der Waals surface area contributed by atoms with E-state index in [0.717, 1.165) is 6.42 Å². The Morgan fingerprint density at radius 1 is 1.50 bits per heavy atom. The van der Waals surface area contributed by atoms with E-state index in [1.54, 1.807) is 0 Å². The van der Waals surface area contributed by atoms with Gasteiger partial charge < -0.3 is 5.11 Å². The predicted octanol–water partition coefficient (Wildman–Crippen LogP) is 1.12. The Kier molecular flexibility index (Phi) is 1.84. The number of alkyl halides is 1. The Labute approximate surface area is 48.5 Å². The van der Waals surface area contributed by atoms with Crippen LogP contribution in [-0.2, 0) is 0 Å². The van der Waals surface area contributed by atoms with Gasteiger partial charge in [0.15, 0.2) is 0 Å². The van der Waals surface area contributed by atoms with Crippen LogP contribution in [-0.4, -0.2) is 17.9 Å². The summed E-state index contributed by atoms with van der Waals surface area (Å²) in [6.45, 7) is 0.167. The molecule has 48 valence electrons. The van der Waals surface area contributed by atoms with Gasteiger partial charge in [-0.1, -0.05) is 0 Å². The van der Waals surface area contributed by atoms with E-state index in [-0.39, 0.29) is 12.5 Å². The zero-order valence-electron chi connectivity index (χ0n) is 4.81. The van der Waals surface area contributed by atoms with E-state index in [9.17, 15) is 4.39 Å². The zero-order chi connectivity index (χ0) is 5.98. The molecule has 1 aliphatic carbocycles. The standard InChI is InChI=1S/C6H11FO/c7-6-2-1-5(3-6)4-8/h5-6,8H,1-4H2/t5-,6-/m0/s1. The fourth-order valence-electron chi connectivity index (χ4n) is 1.18. The smallest absolute Gasteiger partial charge is 0.100 e. The number of rotatable bonds is 1. The fraction of sp³-hybridized carbons (Fsp3) is 1.00. The van der Waals surface area contributed by atoms with Crippen molar-refractivity contribution in [3.05, 3.63) is 0 Å². The Hall–Kier alpha value is -0.110. The molecular weight excluding hydrogens is 107 g/mol. The maximum absolute atomic E-state index is 12.2. The van der Waals surface area contributed by atoms with E-state index in [0.29, 0.717) is 12.8 Å². The average Bonchev–Trinajstić information content (AvgIpc) is 2.14. The summed E-state index contributed by atoms with van der Waals surface area (Å²) in [5.74, 6) is 0.255. The Morgan fingerprint density at radius 2 is 2.25 bits per heavy atom. The lowest BCUT2D eigenvalue weighted by Crippen LogP contribution is -2.00. The van der Waals surface area contributed by atoms with Crippen molar-refractivity contribution in [2.75, 3.05) is 6.61 Å². The maximum atomic E-state index is 12.2. The van der Waals surface area contributed by atoms with Crippen LogP contribution < -0.4 is 0 Å². The van der Waals surface area contributed by atoms with Crippen LogP contribution in [0.4, 0.5) is 4.39 Å². The van der Waals surface area contributed by atoms with Gasteiger partial charge >= 0.3 is 0 Å². The highest BCUT2D eigenvalue weighted by molar-refractivity contribution is 4.73. The monoisotopic (exact) mass is 118 g/mol. The van der Waals surface area contributed by atoms with Gasteiger partial charge in [-0.3, -0.25) is 0 Å². The molecule has 0 aromatic rings. The summed E-state index contributed by atoms with van der Waals surface area (Å²) in [5, 5.41) is 8.52. The summed E-state index contributed by atoms with van der Waals surface area (Å²) in [5.41, 5.74) is 0. The minimum Gasteiger partial charge on any atom is -0.396 e. The summed E-state index contributed by atoms with van der Waals surface area (Å²) in [7, 11) is 0. The largest absolute Gasteiger partial charge is 0.396 e. The molecule has 0 unspecified atom stereocenters. The second-order valence-corrected chi connectivity index (χ2v) is 2.46. The van der Waals surface area contributed by atoms with Gasteiger partial charge in [0.05, 0.1) is 0 Å². The molecule has 2 atom stereocenters. The van der Waals surface area contributed by atoms with Gasteiger partial charge in [-0.2, -0.15) is 0 Å². The highest BCUT2D eigenvalue weighted by Crippen LogP contribution is 2.26. The first-order chi connectivity index (χ1) is 3.83. The van der Waals surface area contributed by atoms with E-state index in [4.69, 9.17) is 5.11 Å². The summed E-state index contributed by atoms with van der Waals surface area (Å²) < 4.78 is 12.2. The molecule has 0 saturated heterocycles. The van der Waals surface area contributed by atoms with E-state index in [1.807, 2.05) is 0 Å². The third kappa shape index (κ3) is 1.19. The predicted molar refractivity (Wildman–Crippen MR) is 29.3 cm³/mol. The molecule has 0 amide bonds. The van der Waals surface area contributed by atoms with Crippen LogP contribution in [0.25, 0.3) is 0 Å². The van der Waals surface area contributed by atoms with Gasteiger partial charge in [-0.25, -0.2) is 4.39 Å². The van der Waals surface area contributed by atoms with E-state index < -0.39 is 6.17 Å². The topological polar surface area (TPSA) is 20.2 Å². The first kappa shape index (κ1) is 6.02. The number of hydrogen-bond donors (Lipinski definition) is 1. The summed E-state index contributed by atoms with van der Waals surface area (Å²) in [6.07, 6.45) is 1.48. The van der Waals surface area contributed by atoms with Crippen molar-refractivity contribution in [2.24, 2.45) is 5.92 Å². The van der Waals surface area contributed by atoms with Gasteiger partial charge in [0.2, 0.25) is 0 Å². The first-order valence-electron chi connectivity index (χ1n) is 3.08. The molecule has 0 heterocycles. The van der Waals surface area contributed by atoms with Crippen LogP contribution >= 0.6 is 0 Å². The van der Waals surface area contributed by atoms with Gasteiger partial charge in [0.25, 0.3) is 0 Å². The second kappa shape index (κ2) is 2.44. The molecule has 0 spiro atoms. The second-order valence-electron chi connectivity index (χ2n) is 2.46. The molecule has 1 N–H and O–H groups in total. The summed E-state index contributed by atoms with van der Waals surface area (Å²) in [4.78, 5) is 0. The minimum atomic E-state index is -0.632. The Morgan fingerprint density at radius 3 is 2.50 bits per heavy atom. The van der Waals surface area contributed by atoms with Crippen LogP contribution in [0.3, 0.4) is 0 Å². The molecule has 1 fully saturated rings. The van der Waals surface area contributed by atoms with Crippen LogP contribution in [0.5, 0.6) is 0 Å². The first-order valence-corrected chi connectivity index (χ1v) is 3.08. The van der Waals surface area contributed by atoms with E-state index in [1.165, 1.54) is 0 Å². The molecule has 1 aliphatic rings. The SMILES string of the molecule is OC[C@H]1CC[C@H](F)C1. The Bertz CT molecular complexity index is 74.9. The van der Waals surface area contributed by atoms with Crippen LogP contribution in [0.1, 0.15) is 19.3 Å². The number of aliphatic hydroxyl groups excluding tert-OH is 1. The lowest BCUT2D eigenvalue weighted by atomic mass is 10.1. The van der Waals surface area contributed by atoms with Gasteiger partial charge in [-0.05, 0) is 25.2 Å². The molecule has 0 aromatic carbocycles.